The zero-order valence-corrected chi connectivity index (χ0v) is 13.3. The van der Waals surface area contributed by atoms with E-state index in [1.807, 2.05) is 0 Å². The third kappa shape index (κ3) is 3.23. The van der Waals surface area contributed by atoms with Crippen LogP contribution in [0.2, 0.25) is 0 Å². The summed E-state index contributed by atoms with van der Waals surface area (Å²) in [5.74, 6) is -1.23. The first-order valence-corrected chi connectivity index (χ1v) is 7.37. The minimum absolute atomic E-state index is 0.0472. The summed E-state index contributed by atoms with van der Waals surface area (Å²) in [6.07, 6.45) is -3.65. The third-order valence-corrected chi connectivity index (χ3v) is 3.80. The van der Waals surface area contributed by atoms with Crippen LogP contribution < -0.4 is 4.74 Å². The summed E-state index contributed by atoms with van der Waals surface area (Å²) < 4.78 is 40.9. The zero-order valence-electron chi connectivity index (χ0n) is 11.7. The number of hydrogen-bond acceptors (Lipinski definition) is 4. The number of aromatic nitrogens is 1. The van der Waals surface area contributed by atoms with Crippen LogP contribution in [0.5, 0.6) is 5.75 Å². The summed E-state index contributed by atoms with van der Waals surface area (Å²) in [5.41, 5.74) is 0.680. The molecule has 2 aromatic rings. The largest absolute Gasteiger partial charge is 0.573 e. The van der Waals surface area contributed by atoms with Gasteiger partial charge in [0.25, 0.3) is 0 Å². The second kappa shape index (κ2) is 5.86. The molecule has 0 saturated carbocycles. The van der Waals surface area contributed by atoms with E-state index in [0.717, 1.165) is 18.2 Å². The molecule has 0 bridgehead atoms. The van der Waals surface area contributed by atoms with Gasteiger partial charge in [0.05, 0.1) is 15.7 Å². The molecule has 0 atom stereocenters. The number of carbonyl (C=O) groups is 2. The van der Waals surface area contributed by atoms with E-state index >= 15 is 0 Å². The van der Waals surface area contributed by atoms with Gasteiger partial charge >= 0.3 is 6.36 Å². The molecule has 0 amide bonds. The van der Waals surface area contributed by atoms with Crippen molar-refractivity contribution in [2.24, 2.45) is 0 Å². The van der Waals surface area contributed by atoms with E-state index in [9.17, 15) is 22.8 Å². The van der Waals surface area contributed by atoms with Gasteiger partial charge in [0.1, 0.15) is 11.4 Å². The van der Waals surface area contributed by atoms with Crippen molar-refractivity contribution in [3.05, 3.63) is 58.2 Å². The molecule has 0 aliphatic heterocycles. The number of allylic oxidation sites excluding steroid dienone is 2. The van der Waals surface area contributed by atoms with Crippen molar-refractivity contribution in [2.45, 2.75) is 6.36 Å². The molecule has 0 N–H and O–H groups in total. The molecule has 1 aliphatic carbocycles. The average molecular weight is 398 g/mol. The van der Waals surface area contributed by atoms with Crippen LogP contribution in [0.25, 0.3) is 11.3 Å². The SMILES string of the molecule is O=C1C=C(Br)C(=O)c2nc(-c3cccc(OC(F)(F)F)c3)ccc21. The van der Waals surface area contributed by atoms with Crippen molar-refractivity contribution in [3.8, 4) is 17.0 Å². The molecule has 1 aromatic carbocycles. The van der Waals surface area contributed by atoms with Crippen LogP contribution in [0.3, 0.4) is 0 Å². The Labute approximate surface area is 142 Å². The highest BCUT2D eigenvalue weighted by Crippen LogP contribution is 2.29. The van der Waals surface area contributed by atoms with Crippen LogP contribution in [-0.4, -0.2) is 22.9 Å². The minimum atomic E-state index is -4.81. The van der Waals surface area contributed by atoms with Gasteiger partial charge in [-0.15, -0.1) is 13.2 Å². The van der Waals surface area contributed by atoms with Crippen LogP contribution >= 0.6 is 15.9 Å². The van der Waals surface area contributed by atoms with E-state index in [0.29, 0.717) is 5.56 Å². The molecular weight excluding hydrogens is 391 g/mol. The van der Waals surface area contributed by atoms with Crippen LogP contribution in [0, 0.1) is 0 Å². The number of pyridine rings is 1. The number of benzene rings is 1. The number of ether oxygens (including phenoxy) is 1. The number of Topliss-reactive ketones (excluding diaryl/α,β-unsaturated/α-hetero) is 1. The zero-order chi connectivity index (χ0) is 17.5. The number of rotatable bonds is 2. The van der Waals surface area contributed by atoms with E-state index in [1.54, 1.807) is 0 Å². The Balaban J connectivity index is 2.02. The Morgan fingerprint density at radius 3 is 2.54 bits per heavy atom. The Morgan fingerprint density at radius 1 is 1.08 bits per heavy atom. The van der Waals surface area contributed by atoms with Gasteiger partial charge in [-0.3, -0.25) is 9.59 Å². The number of alkyl halides is 3. The fourth-order valence-electron chi connectivity index (χ4n) is 2.22. The first-order chi connectivity index (χ1) is 11.2. The molecule has 0 radical (unpaired) electrons. The number of carbonyl (C=O) groups excluding carboxylic acids is 2. The highest BCUT2D eigenvalue weighted by atomic mass is 79.9. The predicted octanol–water partition coefficient (Wildman–Crippen LogP) is 4.31. The Hall–Kier alpha value is -2.48. The molecule has 1 aromatic heterocycles. The highest BCUT2D eigenvalue weighted by molar-refractivity contribution is 9.12. The molecule has 24 heavy (non-hydrogen) atoms. The third-order valence-electron chi connectivity index (χ3n) is 3.21. The molecule has 0 saturated heterocycles. The van der Waals surface area contributed by atoms with E-state index < -0.39 is 17.9 Å². The maximum atomic E-state index is 12.3. The first kappa shape index (κ1) is 16.4. The fraction of sp³-hybridized carbons (Fsp3) is 0.0625. The quantitative estimate of drug-likeness (QED) is 0.757. The van der Waals surface area contributed by atoms with Crippen LogP contribution in [-0.2, 0) is 0 Å². The maximum absolute atomic E-state index is 12.3. The maximum Gasteiger partial charge on any atom is 0.573 e. The first-order valence-electron chi connectivity index (χ1n) is 6.58. The lowest BCUT2D eigenvalue weighted by Gasteiger charge is -2.13. The monoisotopic (exact) mass is 397 g/mol. The molecule has 1 aliphatic rings. The van der Waals surface area contributed by atoms with E-state index in [2.05, 4.69) is 25.7 Å². The van der Waals surface area contributed by atoms with Crippen LogP contribution in [0.1, 0.15) is 20.8 Å². The van der Waals surface area contributed by atoms with Gasteiger partial charge in [0.15, 0.2) is 5.78 Å². The van der Waals surface area contributed by atoms with Gasteiger partial charge in [-0.2, -0.15) is 0 Å². The van der Waals surface area contributed by atoms with Gasteiger partial charge in [-0.1, -0.05) is 12.1 Å². The predicted molar refractivity (Wildman–Crippen MR) is 82.0 cm³/mol. The molecule has 0 fully saturated rings. The number of halogens is 4. The summed E-state index contributed by atoms with van der Waals surface area (Å²) in [6, 6.07) is 8.10. The minimum Gasteiger partial charge on any atom is -0.406 e. The van der Waals surface area contributed by atoms with Crippen molar-refractivity contribution in [1.82, 2.24) is 4.98 Å². The summed E-state index contributed by atoms with van der Waals surface area (Å²) in [5, 5.41) is 0. The van der Waals surface area contributed by atoms with Crippen molar-refractivity contribution in [1.29, 1.82) is 0 Å². The smallest absolute Gasteiger partial charge is 0.406 e. The van der Waals surface area contributed by atoms with E-state index in [-0.39, 0.29) is 27.2 Å². The molecule has 1 heterocycles. The topological polar surface area (TPSA) is 56.3 Å². The Kier molecular flexibility index (Phi) is 4.00. The second-order valence-corrected chi connectivity index (χ2v) is 5.71. The molecule has 3 rings (SSSR count). The van der Waals surface area contributed by atoms with Crippen molar-refractivity contribution >= 4 is 27.5 Å². The van der Waals surface area contributed by atoms with Crippen LogP contribution in [0.4, 0.5) is 13.2 Å². The van der Waals surface area contributed by atoms with Gasteiger partial charge in [0.2, 0.25) is 5.78 Å². The second-order valence-electron chi connectivity index (χ2n) is 4.85. The number of hydrogen-bond donors (Lipinski definition) is 0. The van der Waals surface area contributed by atoms with Crippen molar-refractivity contribution in [3.63, 3.8) is 0 Å². The van der Waals surface area contributed by atoms with Crippen LogP contribution in [0.15, 0.2) is 47.0 Å². The van der Waals surface area contributed by atoms with E-state index in [1.165, 1.54) is 24.3 Å². The molecule has 8 heteroatoms. The highest BCUT2D eigenvalue weighted by Gasteiger charge is 2.31. The van der Waals surface area contributed by atoms with Gasteiger partial charge in [-0.25, -0.2) is 4.98 Å². The number of nitrogens with zero attached hydrogens (tertiary/aromatic N) is 1. The van der Waals surface area contributed by atoms with E-state index in [4.69, 9.17) is 0 Å². The molecule has 122 valence electrons. The lowest BCUT2D eigenvalue weighted by Crippen LogP contribution is -2.17. The lowest BCUT2D eigenvalue weighted by atomic mass is 9.98. The van der Waals surface area contributed by atoms with Crippen molar-refractivity contribution < 1.29 is 27.5 Å². The summed E-state index contributed by atoms with van der Waals surface area (Å²) in [7, 11) is 0. The normalized spacial score (nSPS) is 14.2. The van der Waals surface area contributed by atoms with Gasteiger partial charge < -0.3 is 4.74 Å². The number of ketones is 2. The standard InChI is InChI=1S/C16H7BrF3NO3/c17-11-7-13(22)10-4-5-12(21-14(10)15(11)23)8-2-1-3-9(6-8)24-16(18,19)20/h1-7H. The Bertz CT molecular complexity index is 890. The molecule has 4 nitrogen and oxygen atoms in total. The van der Waals surface area contributed by atoms with Crippen molar-refractivity contribution in [2.75, 3.05) is 0 Å². The molecular formula is C16H7BrF3NO3. The summed E-state index contributed by atoms with van der Waals surface area (Å²) in [6.45, 7) is 0. The lowest BCUT2D eigenvalue weighted by molar-refractivity contribution is -0.274. The summed E-state index contributed by atoms with van der Waals surface area (Å²) in [4.78, 5) is 28.1. The Morgan fingerprint density at radius 2 is 1.83 bits per heavy atom. The molecule has 0 spiro atoms. The molecule has 0 unspecified atom stereocenters. The number of fused-ring (bicyclic) bond motifs is 1. The van der Waals surface area contributed by atoms with Gasteiger partial charge in [0, 0.05) is 11.6 Å². The van der Waals surface area contributed by atoms with Gasteiger partial charge in [-0.05, 0) is 40.2 Å². The average Bonchev–Trinajstić information content (AvgIpc) is 2.51. The summed E-state index contributed by atoms with van der Waals surface area (Å²) >= 11 is 3.00. The fourth-order valence-corrected chi connectivity index (χ4v) is 2.61.